The van der Waals surface area contributed by atoms with Gasteiger partial charge < -0.3 is 57.6 Å². The van der Waals surface area contributed by atoms with Gasteiger partial charge in [0.25, 0.3) is 0 Å². The number of hydrogen-bond donors (Lipinski definition) is 2. The molecule has 0 fully saturated rings. The van der Waals surface area contributed by atoms with E-state index >= 15 is 0 Å². The van der Waals surface area contributed by atoms with Crippen LogP contribution in [0.1, 0.15) is 71.9 Å². The molecule has 404 valence electrons. The molecular weight excluding hydrogens is 973 g/mol. The predicted molar refractivity (Wildman–Crippen MR) is 288 cm³/mol. The number of aryl methyl sites for hydroxylation is 2. The fourth-order valence-electron chi connectivity index (χ4n) is 8.11. The number of carbonyl (C=O) groups is 3. The summed E-state index contributed by atoms with van der Waals surface area (Å²) in [5, 5.41) is 18.4. The van der Waals surface area contributed by atoms with Gasteiger partial charge in [-0.25, -0.2) is 14.4 Å². The maximum absolute atomic E-state index is 11.4. The topological polar surface area (TPSA) is 184 Å². The predicted octanol–water partition coefficient (Wildman–Crippen LogP) is 10.0. The van der Waals surface area contributed by atoms with E-state index in [-0.39, 0.29) is 49.6 Å². The molecule has 76 heavy (non-hydrogen) atoms. The van der Waals surface area contributed by atoms with Crippen molar-refractivity contribution in [1.82, 2.24) is 0 Å². The van der Waals surface area contributed by atoms with E-state index in [4.69, 9.17) is 47.4 Å². The zero-order chi connectivity index (χ0) is 54.7. The molecule has 15 heteroatoms. The molecule has 0 bridgehead atoms. The lowest BCUT2D eigenvalue weighted by Crippen LogP contribution is -2.23. The number of rotatable bonds is 18. The highest BCUT2D eigenvalue weighted by atomic mass is 16.6. The van der Waals surface area contributed by atoms with Crippen molar-refractivity contribution in [1.29, 1.82) is 0 Å². The van der Waals surface area contributed by atoms with E-state index in [1.165, 1.54) is 36.5 Å². The molecule has 4 aliphatic rings. The molecule has 0 amide bonds. The molecule has 8 rings (SSSR count). The first-order valence-corrected chi connectivity index (χ1v) is 24.8. The summed E-state index contributed by atoms with van der Waals surface area (Å²) in [7, 11) is 9.48. The standard InChI is InChI=1S/C17H20O4.C16H18O5.2C14H16O3/c1-12-8-16(19-2)10-15(21-12)7-5-13-4-6-14(11-18)17(9-13)20-3;1-19-14-8-13(21-16(18)9-14)6-4-11-3-5-12(10-17)15(7-11)20-2;2*1-16-13-9-12(17-14(15)10-13)8-7-11-5-3-2-4-6-11/h4-9,15,18H,1,10-11H2,2-3H3;3-7,9,13,17H,8,10H2,1-2H3;2*2-6,10,12H,7-9H2,1H3/b7-5+;6-4+;;/t15-;;2*12-/m0.10/s1. The van der Waals surface area contributed by atoms with Crippen molar-refractivity contribution in [2.45, 2.75) is 89.0 Å². The molecule has 0 saturated carbocycles. The number of methoxy groups -OCH3 is 6. The molecule has 15 nitrogen and oxygen atoms in total. The van der Waals surface area contributed by atoms with E-state index in [9.17, 15) is 24.6 Å². The number of ether oxygens (including phenoxy) is 10. The molecule has 2 N–H and O–H groups in total. The lowest BCUT2D eigenvalue weighted by molar-refractivity contribution is -0.146. The van der Waals surface area contributed by atoms with E-state index in [2.05, 4.69) is 30.8 Å². The van der Waals surface area contributed by atoms with Crippen LogP contribution in [0.2, 0.25) is 0 Å². The van der Waals surface area contributed by atoms with Crippen LogP contribution in [0, 0.1) is 0 Å². The summed E-state index contributed by atoms with van der Waals surface area (Å²) in [5.74, 6) is 3.77. The summed E-state index contributed by atoms with van der Waals surface area (Å²) in [5.41, 5.74) is 5.89. The van der Waals surface area contributed by atoms with Crippen molar-refractivity contribution in [2.75, 3.05) is 42.7 Å². The second-order valence-electron chi connectivity index (χ2n) is 17.5. The highest BCUT2D eigenvalue weighted by molar-refractivity contribution is 5.84. The molecule has 4 heterocycles. The lowest BCUT2D eigenvalue weighted by atomic mass is 10.0. The van der Waals surface area contributed by atoms with E-state index in [1.54, 1.807) is 53.8 Å². The summed E-state index contributed by atoms with van der Waals surface area (Å²) in [4.78, 5) is 33.9. The maximum atomic E-state index is 11.4. The molecule has 0 radical (unpaired) electrons. The second kappa shape index (κ2) is 31.7. The molecule has 4 aromatic rings. The van der Waals surface area contributed by atoms with Crippen LogP contribution in [0.15, 0.2) is 169 Å². The molecule has 0 aromatic heterocycles. The SMILES string of the molecule is C=C1C=C(OC)C[C@H](/C=C/c2ccc(CO)c(OC)c2)O1.COC1=CC(=O)OC(/C=C/c2ccc(CO)c(OC)c2)C1.COC1=CC(=O)O[C@@H](CCc2ccccc2)C1.COC1=CC(=O)O[C@H](CCc2ccccc2)C1. The Labute approximate surface area is 445 Å². The van der Waals surface area contributed by atoms with Crippen LogP contribution in [0.25, 0.3) is 12.2 Å². The van der Waals surface area contributed by atoms with Gasteiger partial charge in [-0.2, -0.15) is 0 Å². The number of allylic oxidation sites excluding steroid dienone is 1. The van der Waals surface area contributed by atoms with Crippen LogP contribution >= 0.6 is 0 Å². The Balaban J connectivity index is 0.000000188. The maximum Gasteiger partial charge on any atom is 0.334 e. The third-order valence-electron chi connectivity index (χ3n) is 12.2. The molecule has 4 aliphatic heterocycles. The largest absolute Gasteiger partial charge is 0.501 e. The van der Waals surface area contributed by atoms with Gasteiger partial charge in [0.1, 0.15) is 64.7 Å². The molecular formula is C61H70O15. The van der Waals surface area contributed by atoms with Gasteiger partial charge in [0.05, 0.1) is 74.1 Å². The molecule has 0 aliphatic carbocycles. The normalized spacial score (nSPS) is 18.8. The van der Waals surface area contributed by atoms with Crippen molar-refractivity contribution in [3.05, 3.63) is 202 Å². The van der Waals surface area contributed by atoms with Crippen LogP contribution in [-0.4, -0.2) is 95.2 Å². The Hall–Kier alpha value is -8.01. The Bertz CT molecular complexity index is 2520. The van der Waals surface area contributed by atoms with Gasteiger partial charge in [-0.1, -0.05) is 104 Å². The van der Waals surface area contributed by atoms with E-state index < -0.39 is 5.97 Å². The number of hydrogen-bond acceptors (Lipinski definition) is 15. The molecule has 0 spiro atoms. The zero-order valence-corrected chi connectivity index (χ0v) is 44.1. The smallest absolute Gasteiger partial charge is 0.334 e. The van der Waals surface area contributed by atoms with Crippen LogP contribution in [0.5, 0.6) is 11.5 Å². The fourth-order valence-corrected chi connectivity index (χ4v) is 8.11. The third-order valence-corrected chi connectivity index (χ3v) is 12.2. The number of aliphatic hydroxyl groups excluding tert-OH is 2. The molecule has 1 unspecified atom stereocenters. The minimum atomic E-state index is -0.402. The van der Waals surface area contributed by atoms with Crippen molar-refractivity contribution in [2.24, 2.45) is 0 Å². The fraction of sp³-hybridized carbons (Fsp3) is 0.328. The average molecular weight is 1040 g/mol. The third kappa shape index (κ3) is 20.0. The average Bonchev–Trinajstić information content (AvgIpc) is 3.45. The lowest BCUT2D eigenvalue weighted by Gasteiger charge is -2.22. The van der Waals surface area contributed by atoms with Gasteiger partial charge in [0, 0.05) is 42.9 Å². The Kier molecular flexibility index (Phi) is 24.5. The summed E-state index contributed by atoms with van der Waals surface area (Å²) < 4.78 is 52.3. The highest BCUT2D eigenvalue weighted by Gasteiger charge is 2.24. The molecule has 4 atom stereocenters. The first kappa shape index (κ1) is 58.9. The number of esters is 3. The van der Waals surface area contributed by atoms with Gasteiger partial charge in [-0.05, 0) is 72.2 Å². The Morgan fingerprint density at radius 2 is 0.868 bits per heavy atom. The number of carbonyl (C=O) groups excluding carboxylic acids is 3. The molecule has 4 aromatic carbocycles. The zero-order valence-electron chi connectivity index (χ0n) is 44.1. The highest BCUT2D eigenvalue weighted by Crippen LogP contribution is 2.27. The Morgan fingerprint density at radius 1 is 0.487 bits per heavy atom. The monoisotopic (exact) mass is 1040 g/mol. The van der Waals surface area contributed by atoms with E-state index in [1.807, 2.05) is 85.0 Å². The van der Waals surface area contributed by atoms with Gasteiger partial charge in [-0.15, -0.1) is 0 Å². The Morgan fingerprint density at radius 3 is 1.26 bits per heavy atom. The first-order chi connectivity index (χ1) is 36.9. The van der Waals surface area contributed by atoms with Gasteiger partial charge in [0.2, 0.25) is 0 Å². The van der Waals surface area contributed by atoms with Crippen LogP contribution in [0.4, 0.5) is 0 Å². The summed E-state index contributed by atoms with van der Waals surface area (Å²) in [6.07, 6.45) is 19.0. The minimum Gasteiger partial charge on any atom is -0.501 e. The van der Waals surface area contributed by atoms with E-state index in [0.29, 0.717) is 60.2 Å². The number of aliphatic hydroxyl groups is 2. The van der Waals surface area contributed by atoms with Crippen molar-refractivity contribution in [3.8, 4) is 11.5 Å². The van der Waals surface area contributed by atoms with Crippen molar-refractivity contribution in [3.63, 3.8) is 0 Å². The minimum absolute atomic E-state index is 0.0410. The number of cyclic esters (lactones) is 3. The first-order valence-electron chi connectivity index (χ1n) is 24.8. The van der Waals surface area contributed by atoms with Crippen LogP contribution in [0.3, 0.4) is 0 Å². The van der Waals surface area contributed by atoms with Gasteiger partial charge in [0.15, 0.2) is 0 Å². The van der Waals surface area contributed by atoms with Crippen LogP contribution in [-0.2, 0) is 78.3 Å². The second-order valence-corrected chi connectivity index (χ2v) is 17.5. The van der Waals surface area contributed by atoms with Gasteiger partial charge >= 0.3 is 17.9 Å². The quantitative estimate of drug-likeness (QED) is 0.0708. The van der Waals surface area contributed by atoms with Crippen molar-refractivity contribution >= 4 is 30.1 Å². The summed E-state index contributed by atoms with van der Waals surface area (Å²) in [6, 6.07) is 31.5. The van der Waals surface area contributed by atoms with Crippen LogP contribution < -0.4 is 9.47 Å². The summed E-state index contributed by atoms with van der Waals surface area (Å²) in [6.45, 7) is 3.69. The van der Waals surface area contributed by atoms with Crippen molar-refractivity contribution < 1.29 is 72.0 Å². The summed E-state index contributed by atoms with van der Waals surface area (Å²) >= 11 is 0. The number of benzene rings is 4. The van der Waals surface area contributed by atoms with E-state index in [0.717, 1.165) is 53.7 Å². The van der Waals surface area contributed by atoms with Gasteiger partial charge in [-0.3, -0.25) is 0 Å². The molecule has 0 saturated heterocycles.